The third-order valence-electron chi connectivity index (χ3n) is 6.66. The number of aromatic hydroxyl groups is 1. The monoisotopic (exact) mass is 496 g/mol. The summed E-state index contributed by atoms with van der Waals surface area (Å²) in [5.74, 6) is 0.963. The Balaban J connectivity index is 1.33. The molecule has 1 aliphatic heterocycles. The number of methoxy groups -OCH3 is 1. The van der Waals surface area contributed by atoms with Crippen LogP contribution in [0.1, 0.15) is 15.9 Å². The Bertz CT molecular complexity index is 1490. The van der Waals surface area contributed by atoms with Gasteiger partial charge in [0.25, 0.3) is 5.91 Å². The van der Waals surface area contributed by atoms with E-state index in [9.17, 15) is 14.7 Å². The van der Waals surface area contributed by atoms with Gasteiger partial charge < -0.3 is 24.6 Å². The van der Waals surface area contributed by atoms with E-state index in [0.717, 1.165) is 30.1 Å². The molecular weight excluding hydrogens is 468 g/mol. The van der Waals surface area contributed by atoms with Gasteiger partial charge in [-0.15, -0.1) is 0 Å². The number of carbonyl (C=O) groups excluding carboxylic acids is 1. The number of aryl methyl sites for hydroxylation is 1. The Morgan fingerprint density at radius 1 is 0.946 bits per heavy atom. The number of phenolic OH excluding ortho intramolecular Hbond substituents is 1. The van der Waals surface area contributed by atoms with Crippen LogP contribution in [-0.4, -0.2) is 59.2 Å². The quantitative estimate of drug-likeness (QED) is 0.432. The van der Waals surface area contributed by atoms with Gasteiger partial charge in [0.05, 0.1) is 18.5 Å². The van der Waals surface area contributed by atoms with E-state index in [1.54, 1.807) is 50.4 Å². The van der Waals surface area contributed by atoms with Gasteiger partial charge in [-0.05, 0) is 78.7 Å². The number of piperazine rings is 1. The molecule has 5 rings (SSSR count). The number of carbonyl (C=O) groups is 1. The molecular formula is C29H28N4O4. The van der Waals surface area contributed by atoms with Crippen molar-refractivity contribution in [3.8, 4) is 34.0 Å². The molecule has 2 heterocycles. The second-order valence-electron chi connectivity index (χ2n) is 9.04. The maximum Gasteiger partial charge on any atom is 0.345 e. The van der Waals surface area contributed by atoms with E-state index in [1.165, 1.54) is 0 Å². The lowest BCUT2D eigenvalue weighted by atomic mass is 10.0. The standard InChI is InChI=1S/C29H28N4O4/c1-19-16-21(6-11-27(19)34)26-18-25(30-29(36)31-26)20-4-3-5-22(17-20)28(35)33-14-12-32(13-15-33)23-7-9-24(37-2)10-8-23/h3-11,16-18,34H,12-15H2,1-2H3,(H,30,31,36). The number of aromatic amines is 1. The lowest BCUT2D eigenvalue weighted by molar-refractivity contribution is 0.0747. The molecule has 0 saturated carbocycles. The van der Waals surface area contributed by atoms with Crippen LogP contribution in [0.15, 0.2) is 77.6 Å². The Kier molecular flexibility index (Phi) is 6.64. The minimum absolute atomic E-state index is 0.0459. The summed E-state index contributed by atoms with van der Waals surface area (Å²) in [6.45, 7) is 4.50. The van der Waals surface area contributed by atoms with E-state index in [-0.39, 0.29) is 11.7 Å². The van der Waals surface area contributed by atoms with Gasteiger partial charge in [0.1, 0.15) is 11.5 Å². The number of phenols is 1. The third-order valence-corrected chi connectivity index (χ3v) is 6.66. The predicted molar refractivity (Wildman–Crippen MR) is 143 cm³/mol. The fraction of sp³-hybridized carbons (Fsp3) is 0.207. The lowest BCUT2D eigenvalue weighted by Gasteiger charge is -2.36. The molecule has 0 radical (unpaired) electrons. The van der Waals surface area contributed by atoms with E-state index < -0.39 is 5.69 Å². The minimum Gasteiger partial charge on any atom is -0.508 e. The molecule has 4 aromatic rings. The number of H-pyrrole nitrogens is 1. The smallest absolute Gasteiger partial charge is 0.345 e. The van der Waals surface area contributed by atoms with Crippen LogP contribution in [0, 0.1) is 6.92 Å². The van der Waals surface area contributed by atoms with Crippen molar-refractivity contribution in [2.24, 2.45) is 0 Å². The summed E-state index contributed by atoms with van der Waals surface area (Å²) in [5.41, 5.74) is 4.40. The molecule has 0 bridgehead atoms. The summed E-state index contributed by atoms with van der Waals surface area (Å²) < 4.78 is 5.24. The summed E-state index contributed by atoms with van der Waals surface area (Å²) in [6, 6.07) is 22.1. The first-order valence-electron chi connectivity index (χ1n) is 12.1. The first-order chi connectivity index (χ1) is 17.9. The molecule has 188 valence electrons. The number of ether oxygens (including phenoxy) is 1. The molecule has 0 atom stereocenters. The van der Waals surface area contributed by atoms with Crippen molar-refractivity contribution in [3.63, 3.8) is 0 Å². The van der Waals surface area contributed by atoms with Crippen molar-refractivity contribution < 1.29 is 14.6 Å². The van der Waals surface area contributed by atoms with Crippen LogP contribution >= 0.6 is 0 Å². The summed E-state index contributed by atoms with van der Waals surface area (Å²) >= 11 is 0. The number of hydrogen-bond acceptors (Lipinski definition) is 6. The van der Waals surface area contributed by atoms with Crippen molar-refractivity contribution in [2.45, 2.75) is 6.92 Å². The average Bonchev–Trinajstić information content (AvgIpc) is 2.94. The largest absolute Gasteiger partial charge is 0.508 e. The average molecular weight is 497 g/mol. The van der Waals surface area contributed by atoms with Crippen LogP contribution < -0.4 is 15.3 Å². The van der Waals surface area contributed by atoms with E-state index in [2.05, 4.69) is 14.9 Å². The normalized spacial score (nSPS) is 13.5. The van der Waals surface area contributed by atoms with Gasteiger partial charge in [-0.25, -0.2) is 4.79 Å². The first-order valence-corrected chi connectivity index (χ1v) is 12.1. The fourth-order valence-corrected chi connectivity index (χ4v) is 4.54. The van der Waals surface area contributed by atoms with Gasteiger partial charge in [0, 0.05) is 43.0 Å². The number of amides is 1. The molecule has 1 aromatic heterocycles. The Hall–Kier alpha value is -4.59. The van der Waals surface area contributed by atoms with Crippen molar-refractivity contribution in [1.82, 2.24) is 14.9 Å². The number of aromatic nitrogens is 2. The highest BCUT2D eigenvalue weighted by atomic mass is 16.5. The Morgan fingerprint density at radius 2 is 1.70 bits per heavy atom. The van der Waals surface area contributed by atoms with Crippen LogP contribution in [0.25, 0.3) is 22.5 Å². The molecule has 0 aliphatic carbocycles. The maximum absolute atomic E-state index is 13.3. The molecule has 37 heavy (non-hydrogen) atoms. The second kappa shape index (κ2) is 10.2. The van der Waals surface area contributed by atoms with Crippen molar-refractivity contribution >= 4 is 11.6 Å². The highest BCUT2D eigenvalue weighted by molar-refractivity contribution is 5.95. The van der Waals surface area contributed by atoms with Crippen LogP contribution in [0.5, 0.6) is 11.5 Å². The molecule has 1 saturated heterocycles. The predicted octanol–water partition coefficient (Wildman–Crippen LogP) is 4.09. The molecule has 0 unspecified atom stereocenters. The number of nitrogens with one attached hydrogen (secondary N) is 1. The van der Waals surface area contributed by atoms with Crippen LogP contribution in [0.4, 0.5) is 5.69 Å². The van der Waals surface area contributed by atoms with Gasteiger partial charge in [0.15, 0.2) is 0 Å². The van der Waals surface area contributed by atoms with Gasteiger partial charge in [0.2, 0.25) is 0 Å². The lowest BCUT2D eigenvalue weighted by Crippen LogP contribution is -2.48. The maximum atomic E-state index is 13.3. The van der Waals surface area contributed by atoms with E-state index in [1.807, 2.05) is 41.3 Å². The van der Waals surface area contributed by atoms with Gasteiger partial charge >= 0.3 is 5.69 Å². The Labute approximate surface area is 214 Å². The highest BCUT2D eigenvalue weighted by Crippen LogP contribution is 2.27. The zero-order valence-electron chi connectivity index (χ0n) is 20.8. The van der Waals surface area contributed by atoms with E-state index >= 15 is 0 Å². The van der Waals surface area contributed by atoms with Crippen LogP contribution in [0.3, 0.4) is 0 Å². The molecule has 1 aliphatic rings. The summed E-state index contributed by atoms with van der Waals surface area (Å²) in [5, 5.41) is 9.83. The van der Waals surface area contributed by atoms with Gasteiger partial charge in [-0.1, -0.05) is 12.1 Å². The number of benzene rings is 3. The zero-order valence-corrected chi connectivity index (χ0v) is 20.8. The highest BCUT2D eigenvalue weighted by Gasteiger charge is 2.23. The summed E-state index contributed by atoms with van der Waals surface area (Å²) in [4.78, 5) is 36.7. The zero-order chi connectivity index (χ0) is 25.9. The SMILES string of the molecule is COc1ccc(N2CCN(C(=O)c3cccc(-c4cc(-c5ccc(O)c(C)c5)[nH]c(=O)n4)c3)CC2)cc1. The third kappa shape index (κ3) is 5.18. The first kappa shape index (κ1) is 24.1. The molecule has 8 heteroatoms. The van der Waals surface area contributed by atoms with E-state index in [4.69, 9.17) is 4.74 Å². The summed E-state index contributed by atoms with van der Waals surface area (Å²) in [6.07, 6.45) is 0. The molecule has 1 amide bonds. The number of rotatable bonds is 5. The molecule has 3 aromatic carbocycles. The van der Waals surface area contributed by atoms with Crippen molar-refractivity contribution in [3.05, 3.63) is 94.4 Å². The van der Waals surface area contributed by atoms with Crippen molar-refractivity contribution in [2.75, 3.05) is 38.2 Å². The molecule has 1 fully saturated rings. The van der Waals surface area contributed by atoms with Gasteiger partial charge in [-0.2, -0.15) is 4.98 Å². The van der Waals surface area contributed by atoms with E-state index in [0.29, 0.717) is 41.2 Å². The van der Waals surface area contributed by atoms with Crippen LogP contribution in [-0.2, 0) is 0 Å². The Morgan fingerprint density at radius 3 is 2.41 bits per heavy atom. The molecule has 0 spiro atoms. The topological polar surface area (TPSA) is 98.8 Å². The fourth-order valence-electron chi connectivity index (χ4n) is 4.54. The van der Waals surface area contributed by atoms with Gasteiger partial charge in [-0.3, -0.25) is 4.79 Å². The minimum atomic E-state index is -0.482. The second-order valence-corrected chi connectivity index (χ2v) is 9.04. The van der Waals surface area contributed by atoms with Crippen molar-refractivity contribution in [1.29, 1.82) is 0 Å². The number of nitrogens with zero attached hydrogens (tertiary/aromatic N) is 3. The number of anilines is 1. The number of hydrogen-bond donors (Lipinski definition) is 2. The molecule has 8 nitrogen and oxygen atoms in total. The van der Waals surface area contributed by atoms with Crippen LogP contribution in [0.2, 0.25) is 0 Å². The summed E-state index contributed by atoms with van der Waals surface area (Å²) in [7, 11) is 1.65. The molecule has 2 N–H and O–H groups in total.